The SMILES string of the molecule is CCOCCn1c(=NC(=O)CSCC(=O)N2CCCC(C)C2)sc2cc(C)ccc21. The van der Waals surface area contributed by atoms with Crippen LogP contribution in [0.25, 0.3) is 10.2 Å². The fourth-order valence-corrected chi connectivity index (χ4v) is 5.52. The largest absolute Gasteiger partial charge is 0.380 e. The molecule has 2 amide bonds. The molecule has 8 heteroatoms. The number of amides is 2. The van der Waals surface area contributed by atoms with Gasteiger partial charge in [-0.3, -0.25) is 9.59 Å². The maximum Gasteiger partial charge on any atom is 0.258 e. The molecule has 2 aromatic rings. The summed E-state index contributed by atoms with van der Waals surface area (Å²) in [6.07, 6.45) is 2.26. The van der Waals surface area contributed by atoms with E-state index in [1.807, 2.05) is 11.8 Å². The van der Waals surface area contributed by atoms with Crippen molar-refractivity contribution < 1.29 is 14.3 Å². The number of rotatable bonds is 8. The highest BCUT2D eigenvalue weighted by Crippen LogP contribution is 2.19. The van der Waals surface area contributed by atoms with Crippen LogP contribution in [0.4, 0.5) is 0 Å². The lowest BCUT2D eigenvalue weighted by atomic mass is 10.0. The number of carbonyl (C=O) groups excluding carboxylic acids is 2. The summed E-state index contributed by atoms with van der Waals surface area (Å²) in [6.45, 7) is 9.77. The van der Waals surface area contributed by atoms with Gasteiger partial charge in [-0.15, -0.1) is 11.8 Å². The van der Waals surface area contributed by atoms with E-state index in [1.54, 1.807) is 0 Å². The van der Waals surface area contributed by atoms with E-state index in [-0.39, 0.29) is 17.6 Å². The summed E-state index contributed by atoms with van der Waals surface area (Å²) in [5.74, 6) is 1.04. The quantitative estimate of drug-likeness (QED) is 0.579. The van der Waals surface area contributed by atoms with E-state index >= 15 is 0 Å². The van der Waals surface area contributed by atoms with Crippen LogP contribution < -0.4 is 4.80 Å². The van der Waals surface area contributed by atoms with E-state index in [1.165, 1.54) is 35.1 Å². The fourth-order valence-electron chi connectivity index (χ4n) is 3.65. The predicted molar refractivity (Wildman–Crippen MR) is 124 cm³/mol. The Kier molecular flexibility index (Phi) is 8.53. The third-order valence-corrected chi connectivity index (χ3v) is 7.13. The molecule has 2 heterocycles. The average molecular weight is 450 g/mol. The summed E-state index contributed by atoms with van der Waals surface area (Å²) in [7, 11) is 0. The van der Waals surface area contributed by atoms with Gasteiger partial charge >= 0.3 is 0 Å². The molecule has 0 radical (unpaired) electrons. The van der Waals surface area contributed by atoms with Gasteiger partial charge in [0.05, 0.1) is 28.3 Å². The number of thioether (sulfide) groups is 1. The summed E-state index contributed by atoms with van der Waals surface area (Å²) < 4.78 is 8.67. The van der Waals surface area contributed by atoms with E-state index in [0.29, 0.717) is 36.2 Å². The van der Waals surface area contributed by atoms with Crippen molar-refractivity contribution in [1.29, 1.82) is 0 Å². The first-order valence-corrected chi connectivity index (χ1v) is 12.6. The van der Waals surface area contributed by atoms with Crippen LogP contribution >= 0.6 is 23.1 Å². The first kappa shape index (κ1) is 23.0. The van der Waals surface area contributed by atoms with Gasteiger partial charge < -0.3 is 14.2 Å². The summed E-state index contributed by atoms with van der Waals surface area (Å²) >= 11 is 2.88. The van der Waals surface area contributed by atoms with Gasteiger partial charge in [0.25, 0.3) is 5.91 Å². The lowest BCUT2D eigenvalue weighted by Crippen LogP contribution is -2.40. The van der Waals surface area contributed by atoms with Gasteiger partial charge in [-0.2, -0.15) is 4.99 Å². The molecule has 0 bridgehead atoms. The molecule has 3 rings (SSSR count). The molecule has 1 atom stereocenters. The number of benzene rings is 1. The molecular formula is C22H31N3O3S2. The molecule has 1 aliphatic rings. The highest BCUT2D eigenvalue weighted by atomic mass is 32.2. The molecule has 0 spiro atoms. The number of hydrogen-bond acceptors (Lipinski definition) is 5. The van der Waals surface area contributed by atoms with Crippen LogP contribution in [0.15, 0.2) is 23.2 Å². The first-order chi connectivity index (χ1) is 14.5. The Morgan fingerprint density at radius 1 is 1.33 bits per heavy atom. The second kappa shape index (κ2) is 11.1. The molecular weight excluding hydrogens is 418 g/mol. The third kappa shape index (κ3) is 6.18. The monoisotopic (exact) mass is 449 g/mol. The van der Waals surface area contributed by atoms with E-state index in [9.17, 15) is 9.59 Å². The summed E-state index contributed by atoms with van der Waals surface area (Å²) in [5.41, 5.74) is 2.25. The number of fused-ring (bicyclic) bond motifs is 1. The van der Waals surface area contributed by atoms with Crippen LogP contribution in [-0.4, -0.2) is 59.1 Å². The van der Waals surface area contributed by atoms with E-state index in [2.05, 4.69) is 41.6 Å². The van der Waals surface area contributed by atoms with Crippen molar-refractivity contribution in [3.8, 4) is 0 Å². The summed E-state index contributed by atoms with van der Waals surface area (Å²) in [5, 5.41) is 0. The van der Waals surface area contributed by atoms with Crippen molar-refractivity contribution >= 4 is 45.1 Å². The first-order valence-electron chi connectivity index (χ1n) is 10.6. The number of piperidine rings is 1. The van der Waals surface area contributed by atoms with Crippen molar-refractivity contribution in [3.05, 3.63) is 28.6 Å². The Labute approximate surface area is 186 Å². The molecule has 0 aliphatic carbocycles. The molecule has 1 fully saturated rings. The maximum atomic E-state index is 12.5. The van der Waals surface area contributed by atoms with Gasteiger partial charge in [0, 0.05) is 26.2 Å². The molecule has 0 N–H and O–H groups in total. The number of ether oxygens (including phenoxy) is 1. The zero-order chi connectivity index (χ0) is 21.5. The van der Waals surface area contributed by atoms with Gasteiger partial charge in [0.15, 0.2) is 4.80 Å². The van der Waals surface area contributed by atoms with Crippen LogP contribution in [0.2, 0.25) is 0 Å². The zero-order valence-corrected chi connectivity index (χ0v) is 19.7. The predicted octanol–water partition coefficient (Wildman–Crippen LogP) is 3.47. The fraction of sp³-hybridized carbons (Fsp3) is 0.591. The van der Waals surface area contributed by atoms with Crippen LogP contribution in [0, 0.1) is 12.8 Å². The molecule has 1 aromatic heterocycles. The molecule has 1 aromatic carbocycles. The number of carbonyl (C=O) groups is 2. The Balaban J connectivity index is 1.65. The van der Waals surface area contributed by atoms with Crippen molar-refractivity contribution in [2.75, 3.05) is 37.8 Å². The lowest BCUT2D eigenvalue weighted by molar-refractivity contribution is -0.130. The lowest BCUT2D eigenvalue weighted by Gasteiger charge is -2.30. The smallest absolute Gasteiger partial charge is 0.258 e. The molecule has 1 unspecified atom stereocenters. The van der Waals surface area contributed by atoms with Gasteiger partial charge in [-0.05, 0) is 50.3 Å². The van der Waals surface area contributed by atoms with Crippen molar-refractivity contribution in [2.24, 2.45) is 10.9 Å². The van der Waals surface area contributed by atoms with Crippen LogP contribution in [0.1, 0.15) is 32.3 Å². The Hall–Kier alpha value is -1.64. The molecule has 1 aliphatic heterocycles. The number of hydrogen-bond donors (Lipinski definition) is 0. The second-order valence-electron chi connectivity index (χ2n) is 7.79. The Bertz CT molecular complexity index is 951. The Morgan fingerprint density at radius 2 is 2.17 bits per heavy atom. The van der Waals surface area contributed by atoms with E-state index in [0.717, 1.165) is 29.7 Å². The third-order valence-electron chi connectivity index (χ3n) is 5.18. The highest BCUT2D eigenvalue weighted by molar-refractivity contribution is 8.00. The molecule has 1 saturated heterocycles. The van der Waals surface area contributed by atoms with E-state index in [4.69, 9.17) is 4.74 Å². The van der Waals surface area contributed by atoms with E-state index < -0.39 is 0 Å². The van der Waals surface area contributed by atoms with Crippen LogP contribution in [0.5, 0.6) is 0 Å². The average Bonchev–Trinajstić information content (AvgIpc) is 3.04. The second-order valence-corrected chi connectivity index (χ2v) is 9.78. The van der Waals surface area contributed by atoms with Crippen LogP contribution in [0.3, 0.4) is 0 Å². The minimum Gasteiger partial charge on any atom is -0.380 e. The summed E-state index contributed by atoms with van der Waals surface area (Å²) in [4.78, 5) is 31.9. The highest BCUT2D eigenvalue weighted by Gasteiger charge is 2.20. The maximum absolute atomic E-state index is 12.5. The minimum absolute atomic E-state index is 0.128. The number of likely N-dealkylation sites (tertiary alicyclic amines) is 1. The van der Waals surface area contributed by atoms with Crippen LogP contribution in [-0.2, 0) is 20.9 Å². The Morgan fingerprint density at radius 3 is 2.93 bits per heavy atom. The molecule has 30 heavy (non-hydrogen) atoms. The zero-order valence-electron chi connectivity index (χ0n) is 18.1. The minimum atomic E-state index is -0.201. The van der Waals surface area contributed by atoms with Gasteiger partial charge in [0.2, 0.25) is 5.91 Å². The number of thiazole rings is 1. The van der Waals surface area contributed by atoms with Gasteiger partial charge in [0.1, 0.15) is 0 Å². The normalized spacial score (nSPS) is 17.6. The number of aromatic nitrogens is 1. The van der Waals surface area contributed by atoms with Crippen molar-refractivity contribution in [2.45, 2.75) is 40.2 Å². The topological polar surface area (TPSA) is 63.9 Å². The van der Waals surface area contributed by atoms with Gasteiger partial charge in [-0.1, -0.05) is 24.3 Å². The molecule has 164 valence electrons. The number of aryl methyl sites for hydroxylation is 1. The molecule has 6 nitrogen and oxygen atoms in total. The van der Waals surface area contributed by atoms with Crippen molar-refractivity contribution in [3.63, 3.8) is 0 Å². The summed E-state index contributed by atoms with van der Waals surface area (Å²) in [6, 6.07) is 6.26. The standard InChI is InChI=1S/C22H31N3O3S2/c1-4-28-11-10-25-18-8-7-16(2)12-19(18)30-22(25)23-20(26)14-29-15-21(27)24-9-5-6-17(3)13-24/h7-8,12,17H,4-6,9-11,13-15H2,1-3H3. The number of nitrogens with zero attached hydrogens (tertiary/aromatic N) is 3. The van der Waals surface area contributed by atoms with Crippen molar-refractivity contribution in [1.82, 2.24) is 9.47 Å². The van der Waals surface area contributed by atoms with Gasteiger partial charge in [-0.25, -0.2) is 0 Å². The molecule has 0 saturated carbocycles.